The van der Waals surface area contributed by atoms with Crippen molar-refractivity contribution in [2.75, 3.05) is 20.2 Å². The monoisotopic (exact) mass is 626 g/mol. The lowest BCUT2D eigenvalue weighted by Gasteiger charge is -2.49. The van der Waals surface area contributed by atoms with Crippen LogP contribution in [0.15, 0.2) is 72.8 Å². The van der Waals surface area contributed by atoms with Gasteiger partial charge in [-0.25, -0.2) is 4.39 Å². The highest BCUT2D eigenvalue weighted by Gasteiger charge is 2.50. The summed E-state index contributed by atoms with van der Waals surface area (Å²) in [5.74, 6) is -1.70. The van der Waals surface area contributed by atoms with Gasteiger partial charge < -0.3 is 19.3 Å². The number of methoxy groups -OCH3 is 1. The average Bonchev–Trinajstić information content (AvgIpc) is 2.98. The van der Waals surface area contributed by atoms with Gasteiger partial charge in [0.25, 0.3) is 5.91 Å². The summed E-state index contributed by atoms with van der Waals surface area (Å²) in [6.45, 7) is 2.42. The Morgan fingerprint density at radius 3 is 2.09 bits per heavy atom. The number of morpholine rings is 1. The number of hydrogen-bond donors (Lipinski definition) is 0. The summed E-state index contributed by atoms with van der Waals surface area (Å²) in [6, 6.07) is 18.9. The van der Waals surface area contributed by atoms with Gasteiger partial charge in [-0.3, -0.25) is 14.4 Å². The van der Waals surface area contributed by atoms with Crippen molar-refractivity contribution in [2.45, 2.75) is 50.5 Å². The fourth-order valence-corrected chi connectivity index (χ4v) is 6.08. The first kappa shape index (κ1) is 31.0. The highest BCUT2D eigenvalue weighted by atomic mass is 35.5. The Bertz CT molecular complexity index is 1450. The molecule has 5 rings (SSSR count). The van der Waals surface area contributed by atoms with Gasteiger partial charge in [0.05, 0.1) is 19.1 Å². The zero-order chi connectivity index (χ0) is 30.7. The van der Waals surface area contributed by atoms with E-state index < -0.39 is 30.2 Å². The molecule has 0 spiro atoms. The Balaban J connectivity index is 1.59. The Morgan fingerprint density at radius 2 is 1.53 bits per heavy atom. The minimum absolute atomic E-state index is 0.189. The van der Waals surface area contributed by atoms with Crippen LogP contribution in [0.3, 0.4) is 0 Å². The van der Waals surface area contributed by atoms with Gasteiger partial charge in [-0.15, -0.1) is 0 Å². The van der Waals surface area contributed by atoms with Gasteiger partial charge >= 0.3 is 5.97 Å². The Labute approximate surface area is 260 Å². The molecule has 43 heavy (non-hydrogen) atoms. The molecule has 2 amide bonds. The first-order valence-corrected chi connectivity index (χ1v) is 15.0. The van der Waals surface area contributed by atoms with Gasteiger partial charge in [0.15, 0.2) is 0 Å². The summed E-state index contributed by atoms with van der Waals surface area (Å²) in [6.07, 6.45) is -0.371. The van der Waals surface area contributed by atoms with Crippen molar-refractivity contribution in [2.24, 2.45) is 5.92 Å². The van der Waals surface area contributed by atoms with Crippen LogP contribution < -0.4 is 0 Å². The molecule has 226 valence electrons. The molecule has 0 aromatic heterocycles. The van der Waals surface area contributed by atoms with Gasteiger partial charge in [-0.2, -0.15) is 0 Å². The first-order valence-electron chi connectivity index (χ1n) is 14.3. The minimum atomic E-state index is -0.943. The molecule has 0 bridgehead atoms. The van der Waals surface area contributed by atoms with Crippen molar-refractivity contribution in [3.8, 4) is 0 Å². The fraction of sp³-hybridized carbons (Fsp3) is 0.364. The molecule has 2 heterocycles. The Kier molecular flexibility index (Phi) is 9.69. The molecular weight excluding hydrogens is 594 g/mol. The van der Waals surface area contributed by atoms with Crippen LogP contribution in [0.5, 0.6) is 0 Å². The first-order chi connectivity index (χ1) is 20.7. The summed E-state index contributed by atoms with van der Waals surface area (Å²) < 4.78 is 25.2. The number of nitrogens with zero attached hydrogens (tertiary/aromatic N) is 2. The van der Waals surface area contributed by atoms with Crippen molar-refractivity contribution in [1.29, 1.82) is 0 Å². The van der Waals surface area contributed by atoms with Crippen LogP contribution in [0.4, 0.5) is 4.39 Å². The molecule has 0 unspecified atom stereocenters. The van der Waals surface area contributed by atoms with Crippen LogP contribution in [0.25, 0.3) is 0 Å². The molecule has 2 aliphatic rings. The highest BCUT2D eigenvalue weighted by Crippen LogP contribution is 2.45. The van der Waals surface area contributed by atoms with E-state index in [9.17, 15) is 18.8 Å². The number of carbonyl (C=O) groups is 3. The minimum Gasteiger partial charge on any atom is -0.469 e. The third kappa shape index (κ3) is 6.71. The van der Waals surface area contributed by atoms with Gasteiger partial charge in [0, 0.05) is 29.6 Å². The van der Waals surface area contributed by atoms with Crippen LogP contribution in [0.2, 0.25) is 10.0 Å². The number of likely N-dealkylation sites (tertiary alicyclic amines) is 1. The summed E-state index contributed by atoms with van der Waals surface area (Å²) in [5.41, 5.74) is 2.26. The molecule has 3 aromatic carbocycles. The number of halogens is 3. The van der Waals surface area contributed by atoms with E-state index in [1.807, 2.05) is 31.2 Å². The maximum Gasteiger partial charge on any atom is 0.312 e. The maximum absolute atomic E-state index is 14.5. The normalized spacial score (nSPS) is 21.3. The smallest absolute Gasteiger partial charge is 0.312 e. The molecule has 10 heteroatoms. The molecule has 0 N–H and O–H groups in total. The number of ether oxygens (including phenoxy) is 2. The van der Waals surface area contributed by atoms with E-state index in [0.717, 1.165) is 16.7 Å². The summed E-state index contributed by atoms with van der Waals surface area (Å²) in [5, 5.41) is 1.08. The lowest BCUT2D eigenvalue weighted by atomic mass is 9.88. The van der Waals surface area contributed by atoms with Gasteiger partial charge in [0.2, 0.25) is 5.91 Å². The molecule has 2 aliphatic heterocycles. The van der Waals surface area contributed by atoms with E-state index in [1.54, 1.807) is 46.2 Å². The largest absolute Gasteiger partial charge is 0.469 e. The SMILES string of the molecule is CCC[C@H](C(=O)N1CC(C(=O)OC)C1)N1C(=O)[C@H](Cc2ccc(F)cc2)O[C@@H](c2ccc(Cl)cc2)[C@H]1c1ccc(Cl)cc1. The lowest BCUT2D eigenvalue weighted by Crippen LogP contribution is -2.63. The lowest BCUT2D eigenvalue weighted by molar-refractivity contribution is -0.185. The number of rotatable bonds is 9. The van der Waals surface area contributed by atoms with Crippen molar-refractivity contribution >= 4 is 41.0 Å². The highest BCUT2D eigenvalue weighted by molar-refractivity contribution is 6.30. The molecule has 3 aromatic rings. The zero-order valence-corrected chi connectivity index (χ0v) is 25.4. The van der Waals surface area contributed by atoms with E-state index in [-0.39, 0.29) is 43.1 Å². The molecule has 0 radical (unpaired) electrons. The maximum atomic E-state index is 14.5. The van der Waals surface area contributed by atoms with Crippen LogP contribution in [0.1, 0.15) is 48.6 Å². The van der Waals surface area contributed by atoms with Gasteiger partial charge in [-0.05, 0) is 59.5 Å². The molecule has 7 nitrogen and oxygen atoms in total. The summed E-state index contributed by atoms with van der Waals surface area (Å²) in [7, 11) is 1.33. The predicted octanol–water partition coefficient (Wildman–Crippen LogP) is 6.19. The number of benzene rings is 3. The average molecular weight is 628 g/mol. The molecule has 2 fully saturated rings. The van der Waals surface area contributed by atoms with E-state index in [4.69, 9.17) is 32.7 Å². The topological polar surface area (TPSA) is 76.2 Å². The molecular formula is C33H33Cl2FN2O5. The van der Waals surface area contributed by atoms with Gasteiger partial charge in [-0.1, -0.05) is 72.9 Å². The predicted molar refractivity (Wildman–Crippen MR) is 161 cm³/mol. The number of carbonyl (C=O) groups excluding carboxylic acids is 3. The summed E-state index contributed by atoms with van der Waals surface area (Å²) >= 11 is 12.5. The van der Waals surface area contributed by atoms with Crippen LogP contribution in [-0.2, 0) is 30.3 Å². The third-order valence-corrected chi connectivity index (χ3v) is 8.59. The number of hydrogen-bond acceptors (Lipinski definition) is 5. The second-order valence-electron chi connectivity index (χ2n) is 10.9. The van der Waals surface area contributed by atoms with Crippen LogP contribution in [0, 0.1) is 11.7 Å². The fourth-order valence-electron chi connectivity index (χ4n) is 5.82. The van der Waals surface area contributed by atoms with Crippen LogP contribution in [-0.4, -0.2) is 59.9 Å². The van der Waals surface area contributed by atoms with E-state index in [0.29, 0.717) is 22.9 Å². The summed E-state index contributed by atoms with van der Waals surface area (Å²) in [4.78, 5) is 43.9. The van der Waals surface area contributed by atoms with Crippen molar-refractivity contribution in [1.82, 2.24) is 9.80 Å². The van der Waals surface area contributed by atoms with E-state index in [1.165, 1.54) is 19.2 Å². The molecule has 2 saturated heterocycles. The molecule has 4 atom stereocenters. The molecule has 0 aliphatic carbocycles. The molecule has 0 saturated carbocycles. The van der Waals surface area contributed by atoms with Crippen molar-refractivity contribution < 1.29 is 28.2 Å². The van der Waals surface area contributed by atoms with Crippen molar-refractivity contribution in [3.05, 3.63) is 105 Å². The number of amides is 2. The quantitative estimate of drug-likeness (QED) is 0.265. The second kappa shape index (κ2) is 13.5. The third-order valence-electron chi connectivity index (χ3n) is 8.08. The van der Waals surface area contributed by atoms with Crippen molar-refractivity contribution in [3.63, 3.8) is 0 Å². The Hall–Kier alpha value is -3.46. The standard InChI is InChI=1S/C33H33Cl2FN2O5/c1-3-4-27(31(39)37-18-23(19-37)33(41)42-2)38-29(21-7-11-24(34)12-8-21)30(22-9-13-25(35)14-10-22)43-28(32(38)40)17-20-5-15-26(36)16-6-20/h5-16,23,27-30H,3-4,17-19H2,1-2H3/t27-,28+,29-,30+/m1/s1. The number of esters is 1. The van der Waals surface area contributed by atoms with E-state index >= 15 is 0 Å². The van der Waals surface area contributed by atoms with E-state index in [2.05, 4.69) is 0 Å². The second-order valence-corrected chi connectivity index (χ2v) is 11.8. The Morgan fingerprint density at radius 1 is 0.953 bits per heavy atom. The zero-order valence-electron chi connectivity index (χ0n) is 23.9. The van der Waals surface area contributed by atoms with Gasteiger partial charge in [0.1, 0.15) is 24.1 Å². The van der Waals surface area contributed by atoms with Crippen LogP contribution >= 0.6 is 23.2 Å².